The van der Waals surface area contributed by atoms with E-state index in [9.17, 15) is 0 Å². The van der Waals surface area contributed by atoms with Crippen molar-refractivity contribution >= 4 is 11.6 Å². The highest BCUT2D eigenvalue weighted by atomic mass is 35.5. The van der Waals surface area contributed by atoms with Crippen molar-refractivity contribution in [3.63, 3.8) is 0 Å². The lowest BCUT2D eigenvalue weighted by Gasteiger charge is -2.29. The van der Waals surface area contributed by atoms with Crippen molar-refractivity contribution in [1.82, 2.24) is 14.9 Å². The summed E-state index contributed by atoms with van der Waals surface area (Å²) in [5.41, 5.74) is 0.160. The third-order valence-corrected chi connectivity index (χ3v) is 3.44. The Kier molecular flexibility index (Phi) is 5.29. The molecule has 0 aromatic carbocycles. The molecule has 1 atom stereocenters. The van der Waals surface area contributed by atoms with Crippen molar-refractivity contribution in [1.29, 1.82) is 0 Å². The van der Waals surface area contributed by atoms with Crippen molar-refractivity contribution in [2.24, 2.45) is 7.05 Å². The number of aromatic nitrogens is 2. The highest BCUT2D eigenvalue weighted by molar-refractivity contribution is 6.17. The number of imidazole rings is 1. The second kappa shape index (κ2) is 6.26. The summed E-state index contributed by atoms with van der Waals surface area (Å²) in [6, 6.07) is 0. The van der Waals surface area contributed by atoms with E-state index >= 15 is 0 Å². The number of aryl methyl sites for hydroxylation is 1. The molecule has 1 N–H and O–H groups in total. The first-order valence-corrected chi connectivity index (χ1v) is 6.42. The summed E-state index contributed by atoms with van der Waals surface area (Å²) in [4.78, 5) is 4.30. The fourth-order valence-corrected chi connectivity index (χ4v) is 2.13. The van der Waals surface area contributed by atoms with Crippen LogP contribution in [0.25, 0.3) is 0 Å². The second-order valence-electron chi connectivity index (χ2n) is 4.48. The molecule has 1 heterocycles. The van der Waals surface area contributed by atoms with Crippen molar-refractivity contribution in [2.75, 3.05) is 12.4 Å². The first-order valence-electron chi connectivity index (χ1n) is 5.88. The summed E-state index contributed by atoms with van der Waals surface area (Å²) in [7, 11) is 2.03. The number of hydrogen-bond donors (Lipinski definition) is 1. The Morgan fingerprint density at radius 3 is 2.81 bits per heavy atom. The molecule has 0 amide bonds. The van der Waals surface area contributed by atoms with Crippen LogP contribution < -0.4 is 5.32 Å². The van der Waals surface area contributed by atoms with Gasteiger partial charge in [-0.3, -0.25) is 0 Å². The summed E-state index contributed by atoms with van der Waals surface area (Å²) in [6.45, 7) is 5.38. The molecule has 0 aliphatic rings. The summed E-state index contributed by atoms with van der Waals surface area (Å²) in [5, 5.41) is 3.57. The van der Waals surface area contributed by atoms with E-state index in [-0.39, 0.29) is 5.54 Å². The van der Waals surface area contributed by atoms with Crippen molar-refractivity contribution < 1.29 is 0 Å². The van der Waals surface area contributed by atoms with E-state index in [1.807, 2.05) is 19.4 Å². The standard InChI is InChI=1S/C12H22ClN3/c1-4-12(2,6-7-13)15-8-5-11-14-9-10-16(11)3/h9-10,15H,4-8H2,1-3H3. The number of alkyl halides is 1. The topological polar surface area (TPSA) is 29.9 Å². The van der Waals surface area contributed by atoms with Gasteiger partial charge in [-0.15, -0.1) is 11.6 Å². The Morgan fingerprint density at radius 1 is 1.56 bits per heavy atom. The van der Waals surface area contributed by atoms with Gasteiger partial charge in [0.25, 0.3) is 0 Å². The van der Waals surface area contributed by atoms with E-state index in [0.29, 0.717) is 5.88 Å². The van der Waals surface area contributed by atoms with E-state index in [1.165, 1.54) is 0 Å². The number of hydrogen-bond acceptors (Lipinski definition) is 2. The van der Waals surface area contributed by atoms with Crippen molar-refractivity contribution in [3.05, 3.63) is 18.2 Å². The molecule has 0 fully saturated rings. The molecular weight excluding hydrogens is 222 g/mol. The van der Waals surface area contributed by atoms with E-state index in [2.05, 4.69) is 28.7 Å². The second-order valence-corrected chi connectivity index (χ2v) is 4.86. The molecule has 1 unspecified atom stereocenters. The van der Waals surface area contributed by atoms with Crippen LogP contribution in [0.5, 0.6) is 0 Å². The van der Waals surface area contributed by atoms with Gasteiger partial charge in [-0.1, -0.05) is 6.92 Å². The monoisotopic (exact) mass is 243 g/mol. The Morgan fingerprint density at radius 2 is 2.31 bits per heavy atom. The molecule has 4 heteroatoms. The van der Waals surface area contributed by atoms with Gasteiger partial charge in [0.2, 0.25) is 0 Å². The lowest BCUT2D eigenvalue weighted by atomic mass is 9.95. The molecule has 1 rings (SSSR count). The summed E-state index contributed by atoms with van der Waals surface area (Å²) < 4.78 is 2.06. The minimum atomic E-state index is 0.160. The van der Waals surface area contributed by atoms with Gasteiger partial charge in [-0.25, -0.2) is 4.98 Å². The van der Waals surface area contributed by atoms with Crippen LogP contribution in [0, 0.1) is 0 Å². The highest BCUT2D eigenvalue weighted by Crippen LogP contribution is 2.14. The van der Waals surface area contributed by atoms with Crippen LogP contribution in [0.4, 0.5) is 0 Å². The van der Waals surface area contributed by atoms with Gasteiger partial charge in [-0.05, 0) is 19.8 Å². The average molecular weight is 244 g/mol. The third kappa shape index (κ3) is 3.80. The van der Waals surface area contributed by atoms with Crippen molar-refractivity contribution in [2.45, 2.75) is 38.6 Å². The largest absolute Gasteiger partial charge is 0.338 e. The van der Waals surface area contributed by atoms with Gasteiger partial charge in [0, 0.05) is 43.8 Å². The number of rotatable bonds is 7. The number of nitrogens with zero attached hydrogens (tertiary/aromatic N) is 2. The number of nitrogens with one attached hydrogen (secondary N) is 1. The zero-order chi connectivity index (χ0) is 12.0. The minimum Gasteiger partial charge on any atom is -0.338 e. The Bertz CT molecular complexity index is 311. The van der Waals surface area contributed by atoms with Crippen LogP contribution >= 0.6 is 11.6 Å². The molecule has 92 valence electrons. The van der Waals surface area contributed by atoms with E-state index in [1.54, 1.807) is 0 Å². The smallest absolute Gasteiger partial charge is 0.109 e. The van der Waals surface area contributed by atoms with Gasteiger partial charge in [0.05, 0.1) is 0 Å². The zero-order valence-electron chi connectivity index (χ0n) is 10.5. The van der Waals surface area contributed by atoms with Gasteiger partial charge in [0.1, 0.15) is 5.82 Å². The maximum absolute atomic E-state index is 5.81. The first kappa shape index (κ1) is 13.5. The van der Waals surface area contributed by atoms with Crippen LogP contribution in [-0.2, 0) is 13.5 Å². The molecular formula is C12H22ClN3. The fraction of sp³-hybridized carbons (Fsp3) is 0.750. The Balaban J connectivity index is 2.36. The summed E-state index contributed by atoms with van der Waals surface area (Å²) in [6.07, 6.45) is 6.88. The molecule has 0 aliphatic heterocycles. The van der Waals surface area contributed by atoms with Crippen molar-refractivity contribution in [3.8, 4) is 0 Å². The minimum absolute atomic E-state index is 0.160. The zero-order valence-corrected chi connectivity index (χ0v) is 11.2. The van der Waals surface area contributed by atoms with Crippen LogP contribution in [0.1, 0.15) is 32.5 Å². The summed E-state index contributed by atoms with van der Waals surface area (Å²) >= 11 is 5.81. The molecule has 16 heavy (non-hydrogen) atoms. The van der Waals surface area contributed by atoms with Gasteiger partial charge in [0.15, 0.2) is 0 Å². The Hall–Kier alpha value is -0.540. The van der Waals surface area contributed by atoms with Crippen LogP contribution in [-0.4, -0.2) is 27.5 Å². The lowest BCUT2D eigenvalue weighted by Crippen LogP contribution is -2.43. The predicted octanol–water partition coefficient (Wildman–Crippen LogP) is 2.35. The molecule has 0 bridgehead atoms. The maximum atomic E-state index is 5.81. The Labute approximate surface area is 103 Å². The molecule has 3 nitrogen and oxygen atoms in total. The summed E-state index contributed by atoms with van der Waals surface area (Å²) in [5.74, 6) is 1.83. The van der Waals surface area contributed by atoms with E-state index < -0.39 is 0 Å². The van der Waals surface area contributed by atoms with Crippen LogP contribution in [0.3, 0.4) is 0 Å². The molecule has 0 spiro atoms. The molecule has 0 saturated carbocycles. The maximum Gasteiger partial charge on any atom is 0.109 e. The molecule has 1 aromatic heterocycles. The SMILES string of the molecule is CCC(C)(CCCl)NCCc1nccn1C. The molecule has 0 saturated heterocycles. The van der Waals surface area contributed by atoms with Crippen LogP contribution in [0.15, 0.2) is 12.4 Å². The normalized spacial score (nSPS) is 15.0. The van der Waals surface area contributed by atoms with Gasteiger partial charge >= 0.3 is 0 Å². The average Bonchev–Trinajstić information content (AvgIpc) is 2.65. The molecule has 0 radical (unpaired) electrons. The lowest BCUT2D eigenvalue weighted by molar-refractivity contribution is 0.334. The van der Waals surface area contributed by atoms with E-state index in [4.69, 9.17) is 11.6 Å². The molecule has 0 aliphatic carbocycles. The molecule has 1 aromatic rings. The van der Waals surface area contributed by atoms with Crippen LogP contribution in [0.2, 0.25) is 0 Å². The first-order chi connectivity index (χ1) is 7.61. The van der Waals surface area contributed by atoms with Gasteiger partial charge < -0.3 is 9.88 Å². The predicted molar refractivity (Wildman–Crippen MR) is 68.9 cm³/mol. The third-order valence-electron chi connectivity index (χ3n) is 3.25. The number of halogens is 1. The quantitative estimate of drug-likeness (QED) is 0.746. The van der Waals surface area contributed by atoms with Gasteiger partial charge in [-0.2, -0.15) is 0 Å². The highest BCUT2D eigenvalue weighted by Gasteiger charge is 2.19. The fourth-order valence-electron chi connectivity index (χ4n) is 1.71. The van der Waals surface area contributed by atoms with E-state index in [0.717, 1.165) is 31.6 Å².